The van der Waals surface area contributed by atoms with Crippen LogP contribution in [0.2, 0.25) is 0 Å². The summed E-state index contributed by atoms with van der Waals surface area (Å²) in [4.78, 5) is 34.6. The van der Waals surface area contributed by atoms with Gasteiger partial charge < -0.3 is 15.8 Å². The van der Waals surface area contributed by atoms with Crippen molar-refractivity contribution in [2.24, 2.45) is 5.92 Å². The molecular weight excluding hydrogens is 343 g/mol. The Hall–Kier alpha value is -2.78. The molecule has 0 aliphatic carbocycles. The number of alkyl halides is 3. The Bertz CT molecular complexity index is 660. The van der Waals surface area contributed by atoms with E-state index < -0.39 is 41.9 Å². The number of urea groups is 1. The van der Waals surface area contributed by atoms with Crippen molar-refractivity contribution in [3.8, 4) is 0 Å². The van der Waals surface area contributed by atoms with Gasteiger partial charge in [0.15, 0.2) is 6.61 Å². The van der Waals surface area contributed by atoms with Crippen molar-refractivity contribution in [2.75, 3.05) is 18.9 Å². The highest BCUT2D eigenvalue weighted by Gasteiger charge is 2.31. The summed E-state index contributed by atoms with van der Waals surface area (Å²) in [6.45, 7) is 3.28. The van der Waals surface area contributed by atoms with Gasteiger partial charge in [-0.1, -0.05) is 13.8 Å². The number of nitrogens with two attached hydrogens (primary N) is 1. The molecule has 0 bridgehead atoms. The molecule has 0 aliphatic heterocycles. The van der Waals surface area contributed by atoms with Crippen LogP contribution in [0.4, 0.5) is 23.7 Å². The number of imide groups is 1. The lowest BCUT2D eigenvalue weighted by Crippen LogP contribution is -2.42. The zero-order chi connectivity index (χ0) is 19.2. The number of esters is 1. The third-order valence-corrected chi connectivity index (χ3v) is 2.86. The summed E-state index contributed by atoms with van der Waals surface area (Å²) < 4.78 is 42.2. The maximum Gasteiger partial charge on any atom is 0.416 e. The molecule has 25 heavy (non-hydrogen) atoms. The topological polar surface area (TPSA) is 111 Å². The summed E-state index contributed by atoms with van der Waals surface area (Å²) in [6.07, 6.45) is -4.60. The van der Waals surface area contributed by atoms with E-state index in [-0.39, 0.29) is 11.5 Å². The fourth-order valence-corrected chi connectivity index (χ4v) is 1.64. The summed E-state index contributed by atoms with van der Waals surface area (Å²) in [7, 11) is 0. The van der Waals surface area contributed by atoms with Gasteiger partial charge in [0.05, 0.1) is 11.1 Å². The lowest BCUT2D eigenvalue weighted by molar-refractivity contribution is -0.137. The molecule has 0 fully saturated rings. The van der Waals surface area contributed by atoms with Crippen molar-refractivity contribution in [1.82, 2.24) is 10.6 Å². The number of hydrogen-bond acceptors (Lipinski definition) is 5. The van der Waals surface area contributed by atoms with Crippen molar-refractivity contribution in [3.05, 3.63) is 29.3 Å². The maximum absolute atomic E-state index is 12.5. The average Bonchev–Trinajstić information content (AvgIpc) is 2.49. The molecule has 0 aromatic heterocycles. The van der Waals surface area contributed by atoms with Crippen molar-refractivity contribution >= 4 is 23.6 Å². The van der Waals surface area contributed by atoms with Crippen LogP contribution in [0.15, 0.2) is 18.2 Å². The number of benzene rings is 1. The Labute approximate surface area is 141 Å². The van der Waals surface area contributed by atoms with Crippen molar-refractivity contribution < 1.29 is 32.3 Å². The van der Waals surface area contributed by atoms with Gasteiger partial charge in [0, 0.05) is 12.2 Å². The fraction of sp³-hybridized carbons (Fsp3) is 0.400. The molecule has 7 nitrogen and oxygen atoms in total. The SMILES string of the molecule is CC(C)CNC(=O)NC(=O)COC(=O)c1ccc(C(F)(F)F)cc1N. The molecule has 0 saturated heterocycles. The number of carbonyl (C=O) groups excluding carboxylic acids is 3. The molecule has 0 heterocycles. The summed E-state index contributed by atoms with van der Waals surface area (Å²) >= 11 is 0. The van der Waals surface area contributed by atoms with Crippen molar-refractivity contribution in [1.29, 1.82) is 0 Å². The first-order valence-electron chi connectivity index (χ1n) is 7.22. The van der Waals surface area contributed by atoms with E-state index in [1.807, 2.05) is 19.2 Å². The molecule has 0 aliphatic rings. The van der Waals surface area contributed by atoms with Crippen LogP contribution in [0.25, 0.3) is 0 Å². The number of halogens is 3. The van der Waals surface area contributed by atoms with Crippen LogP contribution in [-0.4, -0.2) is 31.1 Å². The first kappa shape index (κ1) is 20.3. The first-order valence-corrected chi connectivity index (χ1v) is 7.22. The predicted molar refractivity (Wildman–Crippen MR) is 82.5 cm³/mol. The van der Waals surface area contributed by atoms with E-state index in [9.17, 15) is 27.6 Å². The lowest BCUT2D eigenvalue weighted by Gasteiger charge is -2.11. The summed E-state index contributed by atoms with van der Waals surface area (Å²) in [6, 6.07) is 1.37. The smallest absolute Gasteiger partial charge is 0.416 e. The summed E-state index contributed by atoms with van der Waals surface area (Å²) in [5.74, 6) is -1.79. The van der Waals surface area contributed by atoms with Crippen LogP contribution in [0, 0.1) is 5.92 Å². The van der Waals surface area contributed by atoms with Gasteiger partial charge in [-0.2, -0.15) is 13.2 Å². The summed E-state index contributed by atoms with van der Waals surface area (Å²) in [5, 5.41) is 4.36. The Kier molecular flexibility index (Phi) is 6.77. The minimum Gasteiger partial charge on any atom is -0.452 e. The number of hydrogen-bond donors (Lipinski definition) is 3. The Morgan fingerprint density at radius 3 is 2.40 bits per heavy atom. The van der Waals surface area contributed by atoms with Crippen LogP contribution < -0.4 is 16.4 Å². The number of rotatable bonds is 5. The van der Waals surface area contributed by atoms with Gasteiger partial charge in [0.1, 0.15) is 0 Å². The summed E-state index contributed by atoms with van der Waals surface area (Å²) in [5.41, 5.74) is 3.65. The zero-order valence-electron chi connectivity index (χ0n) is 13.6. The van der Waals surface area contributed by atoms with E-state index in [1.165, 1.54) is 0 Å². The second kappa shape index (κ2) is 8.36. The van der Waals surface area contributed by atoms with Crippen LogP contribution in [-0.2, 0) is 15.7 Å². The predicted octanol–water partition coefficient (Wildman–Crippen LogP) is 1.93. The molecule has 1 aromatic rings. The van der Waals surface area contributed by atoms with Crippen molar-refractivity contribution in [3.63, 3.8) is 0 Å². The average molecular weight is 361 g/mol. The molecule has 0 unspecified atom stereocenters. The maximum atomic E-state index is 12.5. The number of amides is 3. The van der Waals surface area contributed by atoms with E-state index in [0.717, 1.165) is 6.07 Å². The van der Waals surface area contributed by atoms with E-state index in [4.69, 9.17) is 5.73 Å². The molecule has 1 rings (SSSR count). The second-order valence-corrected chi connectivity index (χ2v) is 5.53. The highest BCUT2D eigenvalue weighted by molar-refractivity contribution is 5.98. The van der Waals surface area contributed by atoms with Gasteiger partial charge in [-0.25, -0.2) is 9.59 Å². The largest absolute Gasteiger partial charge is 0.452 e. The molecule has 3 amide bonds. The number of ether oxygens (including phenoxy) is 1. The van der Waals surface area contributed by atoms with E-state index in [1.54, 1.807) is 0 Å². The van der Waals surface area contributed by atoms with Crippen LogP contribution in [0.5, 0.6) is 0 Å². The minimum atomic E-state index is -4.60. The molecule has 0 radical (unpaired) electrons. The Morgan fingerprint density at radius 1 is 1.24 bits per heavy atom. The van der Waals surface area contributed by atoms with Gasteiger partial charge in [0.25, 0.3) is 5.91 Å². The van der Waals surface area contributed by atoms with Gasteiger partial charge >= 0.3 is 18.2 Å². The molecule has 4 N–H and O–H groups in total. The molecule has 1 aromatic carbocycles. The Morgan fingerprint density at radius 2 is 1.88 bits per heavy atom. The number of anilines is 1. The standard InChI is InChI=1S/C15H18F3N3O4/c1-8(2)6-20-14(24)21-12(22)7-25-13(23)10-4-3-9(5-11(10)19)15(16,17)18/h3-5,8H,6-7,19H2,1-2H3,(H2,20,21,22,24). The molecule has 0 spiro atoms. The number of nitrogens with one attached hydrogen (secondary N) is 2. The molecule has 10 heteroatoms. The van der Waals surface area contributed by atoms with Crippen LogP contribution in [0.3, 0.4) is 0 Å². The normalized spacial score (nSPS) is 11.1. The van der Waals surface area contributed by atoms with Gasteiger partial charge in [-0.15, -0.1) is 0 Å². The molecular formula is C15H18F3N3O4. The van der Waals surface area contributed by atoms with Crippen LogP contribution in [0.1, 0.15) is 29.8 Å². The van der Waals surface area contributed by atoms with Crippen LogP contribution >= 0.6 is 0 Å². The molecule has 0 atom stereocenters. The molecule has 138 valence electrons. The first-order chi connectivity index (χ1) is 11.5. The third kappa shape index (κ3) is 6.69. The highest BCUT2D eigenvalue weighted by atomic mass is 19.4. The van der Waals surface area contributed by atoms with E-state index in [0.29, 0.717) is 18.7 Å². The van der Waals surface area contributed by atoms with E-state index in [2.05, 4.69) is 10.1 Å². The number of carbonyl (C=O) groups is 3. The van der Waals surface area contributed by atoms with Gasteiger partial charge in [0.2, 0.25) is 0 Å². The van der Waals surface area contributed by atoms with E-state index >= 15 is 0 Å². The fourth-order valence-electron chi connectivity index (χ4n) is 1.64. The lowest BCUT2D eigenvalue weighted by atomic mass is 10.1. The number of nitrogen functional groups attached to an aromatic ring is 1. The highest BCUT2D eigenvalue weighted by Crippen LogP contribution is 2.31. The van der Waals surface area contributed by atoms with Crippen molar-refractivity contribution in [2.45, 2.75) is 20.0 Å². The van der Waals surface area contributed by atoms with Gasteiger partial charge in [-0.3, -0.25) is 10.1 Å². The monoisotopic (exact) mass is 361 g/mol. The second-order valence-electron chi connectivity index (χ2n) is 5.53. The minimum absolute atomic E-state index is 0.182. The quantitative estimate of drug-likeness (QED) is 0.548. The third-order valence-electron chi connectivity index (χ3n) is 2.86. The Balaban J connectivity index is 2.57. The molecule has 0 saturated carbocycles. The zero-order valence-corrected chi connectivity index (χ0v) is 13.6. The van der Waals surface area contributed by atoms with Gasteiger partial charge in [-0.05, 0) is 24.1 Å².